The van der Waals surface area contributed by atoms with Gasteiger partial charge >= 0.3 is 5.97 Å². The third-order valence-corrected chi connectivity index (χ3v) is 6.90. The van der Waals surface area contributed by atoms with Crippen LogP contribution in [0.2, 0.25) is 0 Å². The molecule has 2 aliphatic heterocycles. The normalized spacial score (nSPS) is 22.4. The summed E-state index contributed by atoms with van der Waals surface area (Å²) in [6.07, 6.45) is 0.856. The van der Waals surface area contributed by atoms with Crippen molar-refractivity contribution in [3.8, 4) is 17.2 Å². The molecule has 2 aromatic carbocycles. The number of likely N-dealkylation sites (tertiary alicyclic amines) is 1. The van der Waals surface area contributed by atoms with Crippen LogP contribution >= 0.6 is 0 Å². The lowest BCUT2D eigenvalue weighted by atomic mass is 9.82. The number of benzene rings is 2. The van der Waals surface area contributed by atoms with Crippen molar-refractivity contribution in [2.24, 2.45) is 5.92 Å². The van der Waals surface area contributed by atoms with Crippen molar-refractivity contribution in [1.29, 1.82) is 0 Å². The first-order chi connectivity index (χ1) is 16.3. The fraction of sp³-hybridized carbons (Fsp3) is 0.462. The van der Waals surface area contributed by atoms with E-state index in [4.69, 9.17) is 14.2 Å². The summed E-state index contributed by atoms with van der Waals surface area (Å²) in [7, 11) is 3.39. The Hall–Kier alpha value is -3.26. The van der Waals surface area contributed by atoms with Crippen LogP contribution in [0.4, 0.5) is 0 Å². The van der Waals surface area contributed by atoms with Gasteiger partial charge in [-0.25, -0.2) is 0 Å². The smallest absolute Gasteiger partial charge is 0.309 e. The van der Waals surface area contributed by atoms with Crippen LogP contribution < -0.4 is 14.2 Å². The number of hydrogen-bond donors (Lipinski definition) is 1. The van der Waals surface area contributed by atoms with Crippen LogP contribution in [0.25, 0.3) is 0 Å². The van der Waals surface area contributed by atoms with E-state index in [1.807, 2.05) is 61.2 Å². The number of amides is 1. The van der Waals surface area contributed by atoms with E-state index in [2.05, 4.69) is 0 Å². The number of hydrogen-bond acceptors (Lipinski definition) is 6. The Morgan fingerprint density at radius 3 is 2.47 bits per heavy atom. The van der Waals surface area contributed by atoms with Gasteiger partial charge in [0.05, 0.1) is 19.1 Å². The molecule has 0 bridgehead atoms. The third-order valence-electron chi connectivity index (χ3n) is 6.90. The van der Waals surface area contributed by atoms with E-state index in [0.717, 1.165) is 17.5 Å². The van der Waals surface area contributed by atoms with E-state index < -0.39 is 24.0 Å². The van der Waals surface area contributed by atoms with Crippen molar-refractivity contribution in [2.75, 3.05) is 34.0 Å². The Morgan fingerprint density at radius 2 is 1.82 bits per heavy atom. The van der Waals surface area contributed by atoms with E-state index in [9.17, 15) is 14.7 Å². The first-order valence-corrected chi connectivity index (χ1v) is 11.6. The Morgan fingerprint density at radius 1 is 1.15 bits per heavy atom. The van der Waals surface area contributed by atoms with E-state index in [1.165, 1.54) is 0 Å². The summed E-state index contributed by atoms with van der Waals surface area (Å²) in [5.74, 6) is -0.0242. The fourth-order valence-electron chi connectivity index (χ4n) is 5.15. The van der Waals surface area contributed by atoms with Gasteiger partial charge in [0.15, 0.2) is 11.5 Å². The Balaban J connectivity index is 1.75. The average molecular weight is 469 g/mol. The number of likely N-dealkylation sites (N-methyl/N-ethyl adjacent to an activating group) is 1. The lowest BCUT2D eigenvalue weighted by Crippen LogP contribution is -2.46. The molecule has 34 heavy (non-hydrogen) atoms. The molecule has 4 unspecified atom stereocenters. The van der Waals surface area contributed by atoms with Crippen molar-refractivity contribution in [1.82, 2.24) is 9.80 Å². The molecule has 1 fully saturated rings. The highest BCUT2D eigenvalue weighted by atomic mass is 16.7. The second-order valence-corrected chi connectivity index (χ2v) is 8.93. The Bertz CT molecular complexity index is 1040. The van der Waals surface area contributed by atoms with E-state index in [0.29, 0.717) is 30.3 Å². The summed E-state index contributed by atoms with van der Waals surface area (Å²) in [6, 6.07) is 12.1. The standard InChI is InChI=1S/C26H32N2O6/c1-5-12-27(3)25(29)16(2)28-14-20(18-8-11-21-22(13-18)34-15-33-21)23(26(30)31)24(28)17-6-9-19(32-4)10-7-17/h6-11,13,16,20,23-24H,5,12,14-15H2,1-4H3,(H,30,31). The molecule has 0 radical (unpaired) electrons. The van der Waals surface area contributed by atoms with Gasteiger partial charge in [0, 0.05) is 32.1 Å². The molecule has 1 amide bonds. The van der Waals surface area contributed by atoms with Crippen LogP contribution in [0.15, 0.2) is 42.5 Å². The monoisotopic (exact) mass is 468 g/mol. The van der Waals surface area contributed by atoms with Gasteiger partial charge < -0.3 is 24.2 Å². The number of carboxylic acid groups (broad SMARTS) is 1. The van der Waals surface area contributed by atoms with Crippen molar-refractivity contribution < 1.29 is 28.9 Å². The molecule has 1 N–H and O–H groups in total. The zero-order chi connectivity index (χ0) is 24.4. The number of fused-ring (bicyclic) bond motifs is 1. The number of ether oxygens (including phenoxy) is 3. The molecule has 4 rings (SSSR count). The molecule has 8 nitrogen and oxygen atoms in total. The van der Waals surface area contributed by atoms with Crippen LogP contribution in [-0.2, 0) is 9.59 Å². The van der Waals surface area contributed by atoms with Gasteiger partial charge in [-0.3, -0.25) is 14.5 Å². The number of carbonyl (C=O) groups excluding carboxylic acids is 1. The minimum absolute atomic E-state index is 0.0177. The molecular formula is C26H32N2O6. The third kappa shape index (κ3) is 4.42. The number of rotatable bonds is 8. The SMILES string of the molecule is CCCN(C)C(=O)C(C)N1CC(c2ccc3c(c2)OCO3)C(C(=O)O)C1c1ccc(OC)cc1. The topological polar surface area (TPSA) is 88.5 Å². The first-order valence-electron chi connectivity index (χ1n) is 11.6. The van der Waals surface area contributed by atoms with Crippen molar-refractivity contribution >= 4 is 11.9 Å². The maximum Gasteiger partial charge on any atom is 0.309 e. The highest BCUT2D eigenvalue weighted by molar-refractivity contribution is 5.82. The summed E-state index contributed by atoms with van der Waals surface area (Å²) in [5, 5.41) is 10.4. The lowest BCUT2D eigenvalue weighted by molar-refractivity contribution is -0.144. The number of nitrogens with zero attached hydrogens (tertiary/aromatic N) is 2. The number of carbonyl (C=O) groups is 2. The van der Waals surface area contributed by atoms with Crippen LogP contribution in [0.3, 0.4) is 0 Å². The molecular weight excluding hydrogens is 436 g/mol. The molecule has 2 heterocycles. The second-order valence-electron chi connectivity index (χ2n) is 8.93. The van der Waals surface area contributed by atoms with Gasteiger partial charge in [0.25, 0.3) is 0 Å². The van der Waals surface area contributed by atoms with Crippen molar-refractivity contribution in [3.05, 3.63) is 53.6 Å². The fourth-order valence-corrected chi connectivity index (χ4v) is 5.15. The van der Waals surface area contributed by atoms with Crippen LogP contribution in [0.1, 0.15) is 43.4 Å². The quantitative estimate of drug-likeness (QED) is 0.634. The van der Waals surface area contributed by atoms with Crippen LogP contribution in [0, 0.1) is 5.92 Å². The predicted octanol–water partition coefficient (Wildman–Crippen LogP) is 3.52. The molecule has 2 aliphatic rings. The lowest BCUT2D eigenvalue weighted by Gasteiger charge is -2.33. The number of carboxylic acids is 1. The highest BCUT2D eigenvalue weighted by Gasteiger charge is 2.50. The summed E-state index contributed by atoms with van der Waals surface area (Å²) in [6.45, 7) is 5.13. The maximum absolute atomic E-state index is 13.3. The van der Waals surface area contributed by atoms with Gasteiger partial charge in [-0.15, -0.1) is 0 Å². The summed E-state index contributed by atoms with van der Waals surface area (Å²) >= 11 is 0. The zero-order valence-corrected chi connectivity index (χ0v) is 20.1. The predicted molar refractivity (Wildman–Crippen MR) is 126 cm³/mol. The summed E-state index contributed by atoms with van der Waals surface area (Å²) in [5.41, 5.74) is 1.70. The minimum atomic E-state index is -0.896. The highest BCUT2D eigenvalue weighted by Crippen LogP contribution is 2.48. The Kier molecular flexibility index (Phi) is 6.97. The van der Waals surface area contributed by atoms with E-state index >= 15 is 0 Å². The van der Waals surface area contributed by atoms with Crippen molar-refractivity contribution in [3.63, 3.8) is 0 Å². The molecule has 182 valence electrons. The van der Waals surface area contributed by atoms with Crippen molar-refractivity contribution in [2.45, 2.75) is 38.3 Å². The zero-order valence-electron chi connectivity index (χ0n) is 20.1. The molecule has 0 saturated carbocycles. The summed E-state index contributed by atoms with van der Waals surface area (Å²) in [4.78, 5) is 29.7. The molecule has 0 spiro atoms. The first kappa shape index (κ1) is 23.9. The minimum Gasteiger partial charge on any atom is -0.497 e. The van der Waals surface area contributed by atoms with E-state index in [-0.39, 0.29) is 18.6 Å². The Labute approximate surface area is 200 Å². The average Bonchev–Trinajstić information content (AvgIpc) is 3.47. The summed E-state index contributed by atoms with van der Waals surface area (Å²) < 4.78 is 16.3. The van der Waals surface area contributed by atoms with Gasteiger partial charge in [-0.05, 0) is 48.7 Å². The maximum atomic E-state index is 13.3. The van der Waals surface area contributed by atoms with Gasteiger partial charge in [-0.2, -0.15) is 0 Å². The molecule has 1 saturated heterocycles. The molecule has 2 aromatic rings. The molecule has 0 aliphatic carbocycles. The molecule has 4 atom stereocenters. The van der Waals surface area contributed by atoms with Crippen LogP contribution in [0.5, 0.6) is 17.2 Å². The molecule has 0 aromatic heterocycles. The number of methoxy groups -OCH3 is 1. The second kappa shape index (κ2) is 9.93. The molecule has 8 heteroatoms. The van der Waals surface area contributed by atoms with Gasteiger partial charge in [0.2, 0.25) is 12.7 Å². The van der Waals surface area contributed by atoms with Gasteiger partial charge in [0.1, 0.15) is 5.75 Å². The van der Waals surface area contributed by atoms with Crippen LogP contribution in [-0.4, -0.2) is 66.9 Å². The van der Waals surface area contributed by atoms with Gasteiger partial charge in [-0.1, -0.05) is 25.1 Å². The largest absolute Gasteiger partial charge is 0.497 e. The number of aliphatic carboxylic acids is 1. The van der Waals surface area contributed by atoms with E-state index in [1.54, 1.807) is 19.1 Å².